The summed E-state index contributed by atoms with van der Waals surface area (Å²) in [5.41, 5.74) is 7.02. The van der Waals surface area contributed by atoms with Gasteiger partial charge in [-0.3, -0.25) is 0 Å². The van der Waals surface area contributed by atoms with Crippen LogP contribution in [0.5, 0.6) is 0 Å². The smallest absolute Gasteiger partial charge is 0.102 e. The molecule has 0 fully saturated rings. The van der Waals surface area contributed by atoms with Gasteiger partial charge in [-0.25, -0.2) is 0 Å². The van der Waals surface area contributed by atoms with E-state index in [1.807, 2.05) is 24.3 Å². The molecule has 0 saturated carbocycles. The zero-order valence-corrected chi connectivity index (χ0v) is 18.3. The van der Waals surface area contributed by atoms with Crippen molar-refractivity contribution >= 4 is 43.6 Å². The van der Waals surface area contributed by atoms with E-state index in [1.54, 1.807) is 0 Å². The van der Waals surface area contributed by atoms with E-state index in [2.05, 4.69) is 106 Å². The van der Waals surface area contributed by atoms with E-state index < -0.39 is 0 Å². The highest BCUT2D eigenvalue weighted by Crippen LogP contribution is 2.39. The molecule has 0 radical (unpaired) electrons. The Labute approximate surface area is 196 Å². The van der Waals surface area contributed by atoms with Crippen LogP contribution in [0.2, 0.25) is 0 Å². The summed E-state index contributed by atoms with van der Waals surface area (Å²) in [5, 5.41) is 15.0. The third kappa shape index (κ3) is 2.45. The van der Waals surface area contributed by atoms with Crippen molar-refractivity contribution in [2.75, 3.05) is 0 Å². The Bertz CT molecular complexity index is 1860. The summed E-state index contributed by atoms with van der Waals surface area (Å²) in [6, 6.07) is 42.4. The third-order valence-corrected chi connectivity index (χ3v) is 6.76. The summed E-state index contributed by atoms with van der Waals surface area (Å²) in [6.07, 6.45) is 0. The number of aromatic nitrogens is 2. The molecule has 2 heterocycles. The molecule has 7 rings (SSSR count). The van der Waals surface area contributed by atoms with Crippen molar-refractivity contribution < 1.29 is 0 Å². The Kier molecular flexibility index (Phi) is 3.91. The van der Waals surface area contributed by atoms with Crippen molar-refractivity contribution in [3.05, 3.63) is 121 Å². The van der Waals surface area contributed by atoms with E-state index in [-0.39, 0.29) is 0 Å². The maximum absolute atomic E-state index is 10.5. The lowest BCUT2D eigenvalue weighted by Crippen LogP contribution is -1.99. The lowest BCUT2D eigenvalue weighted by atomic mass is 10.0. The van der Waals surface area contributed by atoms with E-state index in [1.165, 1.54) is 10.8 Å². The first-order valence-electron chi connectivity index (χ1n) is 11.4. The Morgan fingerprint density at radius 3 is 1.62 bits per heavy atom. The molecule has 0 aliphatic rings. The second kappa shape index (κ2) is 7.10. The standard InChI is InChI=1S/C31H19N3/c32-20-25-29(34-26-15-7-4-12-22(26)23-13-5-8-16-27(23)34)18-19-30-31(25)24-14-6-9-17-28(24)33(30)21-10-2-1-3-11-21/h1-19H. The lowest BCUT2D eigenvalue weighted by molar-refractivity contribution is 1.16. The molecule has 0 unspecified atom stereocenters. The number of hydrogen-bond donors (Lipinski definition) is 0. The zero-order valence-electron chi connectivity index (χ0n) is 18.3. The van der Waals surface area contributed by atoms with Gasteiger partial charge in [0, 0.05) is 27.2 Å². The van der Waals surface area contributed by atoms with Crippen LogP contribution in [0.15, 0.2) is 115 Å². The largest absolute Gasteiger partial charge is 0.309 e. The van der Waals surface area contributed by atoms with Gasteiger partial charge >= 0.3 is 0 Å². The van der Waals surface area contributed by atoms with Crippen LogP contribution < -0.4 is 0 Å². The summed E-state index contributed by atoms with van der Waals surface area (Å²) >= 11 is 0. The molecule has 0 amide bonds. The van der Waals surface area contributed by atoms with Gasteiger partial charge in [0.05, 0.1) is 33.3 Å². The predicted molar refractivity (Wildman–Crippen MR) is 140 cm³/mol. The van der Waals surface area contributed by atoms with Gasteiger partial charge in [-0.15, -0.1) is 0 Å². The average Bonchev–Trinajstić information content (AvgIpc) is 3.42. The van der Waals surface area contributed by atoms with E-state index >= 15 is 0 Å². The van der Waals surface area contributed by atoms with Gasteiger partial charge in [-0.05, 0) is 42.5 Å². The third-order valence-electron chi connectivity index (χ3n) is 6.76. The quantitative estimate of drug-likeness (QED) is 0.274. The number of hydrogen-bond acceptors (Lipinski definition) is 1. The van der Waals surface area contributed by atoms with E-state index in [0.717, 1.165) is 44.2 Å². The van der Waals surface area contributed by atoms with Crippen LogP contribution in [-0.2, 0) is 0 Å². The fourth-order valence-corrected chi connectivity index (χ4v) is 5.39. The van der Waals surface area contributed by atoms with Crippen molar-refractivity contribution in [2.24, 2.45) is 0 Å². The maximum Gasteiger partial charge on any atom is 0.102 e. The molecule has 34 heavy (non-hydrogen) atoms. The van der Waals surface area contributed by atoms with E-state index in [9.17, 15) is 5.26 Å². The second-order valence-corrected chi connectivity index (χ2v) is 8.52. The summed E-state index contributed by atoms with van der Waals surface area (Å²) in [5.74, 6) is 0. The molecule has 0 N–H and O–H groups in total. The van der Waals surface area contributed by atoms with Gasteiger partial charge in [-0.1, -0.05) is 72.8 Å². The highest BCUT2D eigenvalue weighted by molar-refractivity contribution is 6.14. The molecule has 7 aromatic rings. The number of rotatable bonds is 2. The van der Waals surface area contributed by atoms with Crippen LogP contribution in [0.25, 0.3) is 55.0 Å². The van der Waals surface area contributed by atoms with Crippen LogP contribution in [0.3, 0.4) is 0 Å². The molecule has 0 atom stereocenters. The molecule has 0 spiro atoms. The average molecular weight is 434 g/mol. The lowest BCUT2D eigenvalue weighted by Gasteiger charge is -2.12. The van der Waals surface area contributed by atoms with Crippen LogP contribution >= 0.6 is 0 Å². The zero-order chi connectivity index (χ0) is 22.6. The highest BCUT2D eigenvalue weighted by atomic mass is 15.0. The molecule has 0 aliphatic heterocycles. The molecule has 3 nitrogen and oxygen atoms in total. The van der Waals surface area contributed by atoms with Gasteiger partial charge in [0.1, 0.15) is 6.07 Å². The summed E-state index contributed by atoms with van der Waals surface area (Å²) < 4.78 is 4.48. The molecule has 2 aromatic heterocycles. The predicted octanol–water partition coefficient (Wildman–Crippen LogP) is 7.75. The van der Waals surface area contributed by atoms with Crippen molar-refractivity contribution in [3.63, 3.8) is 0 Å². The number of para-hydroxylation sites is 4. The van der Waals surface area contributed by atoms with Crippen molar-refractivity contribution in [1.82, 2.24) is 9.13 Å². The Balaban J connectivity index is 1.67. The molecule has 0 saturated heterocycles. The molecule has 3 heteroatoms. The summed E-state index contributed by atoms with van der Waals surface area (Å²) in [7, 11) is 0. The minimum Gasteiger partial charge on any atom is -0.309 e. The van der Waals surface area contributed by atoms with Crippen molar-refractivity contribution in [1.29, 1.82) is 5.26 Å². The van der Waals surface area contributed by atoms with Crippen LogP contribution in [0.1, 0.15) is 5.56 Å². The normalized spacial score (nSPS) is 11.5. The van der Waals surface area contributed by atoms with Crippen molar-refractivity contribution in [2.45, 2.75) is 0 Å². The SMILES string of the molecule is N#Cc1c(-n2c3ccccc3c3ccccc32)ccc2c1c1ccccc1n2-c1ccccc1. The molecule has 5 aromatic carbocycles. The first-order chi connectivity index (χ1) is 16.9. The first-order valence-corrected chi connectivity index (χ1v) is 11.4. The van der Waals surface area contributed by atoms with E-state index in [0.29, 0.717) is 5.56 Å². The summed E-state index contributed by atoms with van der Waals surface area (Å²) in [6.45, 7) is 0. The fourth-order valence-electron chi connectivity index (χ4n) is 5.39. The van der Waals surface area contributed by atoms with Gasteiger partial charge in [0.25, 0.3) is 0 Å². The van der Waals surface area contributed by atoms with Gasteiger partial charge in [0.2, 0.25) is 0 Å². The minimum atomic E-state index is 0.690. The Morgan fingerprint density at radius 1 is 0.471 bits per heavy atom. The monoisotopic (exact) mass is 433 g/mol. The van der Waals surface area contributed by atoms with Gasteiger partial charge in [-0.2, -0.15) is 5.26 Å². The van der Waals surface area contributed by atoms with Crippen LogP contribution in [-0.4, -0.2) is 9.13 Å². The topological polar surface area (TPSA) is 33.6 Å². The van der Waals surface area contributed by atoms with Gasteiger partial charge in [0.15, 0.2) is 0 Å². The number of nitriles is 1. The number of nitrogens with zero attached hydrogens (tertiary/aromatic N) is 3. The number of fused-ring (bicyclic) bond motifs is 6. The fraction of sp³-hybridized carbons (Fsp3) is 0. The maximum atomic E-state index is 10.5. The second-order valence-electron chi connectivity index (χ2n) is 8.52. The van der Waals surface area contributed by atoms with Gasteiger partial charge < -0.3 is 9.13 Å². The van der Waals surface area contributed by atoms with Crippen LogP contribution in [0, 0.1) is 11.3 Å². The molecule has 0 aliphatic carbocycles. The molecular weight excluding hydrogens is 414 g/mol. The van der Waals surface area contributed by atoms with Crippen molar-refractivity contribution in [3.8, 4) is 17.4 Å². The minimum absolute atomic E-state index is 0.690. The Morgan fingerprint density at radius 2 is 1.00 bits per heavy atom. The Hall–Kier alpha value is -4.81. The van der Waals surface area contributed by atoms with E-state index in [4.69, 9.17) is 0 Å². The molecule has 0 bridgehead atoms. The first kappa shape index (κ1) is 18.7. The molecular formula is C31H19N3. The van der Waals surface area contributed by atoms with Crippen LogP contribution in [0.4, 0.5) is 0 Å². The number of benzene rings is 5. The summed E-state index contributed by atoms with van der Waals surface area (Å²) in [4.78, 5) is 0. The molecule has 158 valence electrons. The highest BCUT2D eigenvalue weighted by Gasteiger charge is 2.20.